The summed E-state index contributed by atoms with van der Waals surface area (Å²) in [6.07, 6.45) is 4.66. The normalized spacial score (nSPS) is 38.3. The molecule has 0 aromatic heterocycles. The number of aliphatic hydroxyl groups is 1. The molecule has 1 saturated carbocycles. The monoisotopic (exact) mass is 271 g/mol. The number of hydrogen-bond acceptors (Lipinski definition) is 3. The van der Waals surface area contributed by atoms with E-state index in [1.807, 2.05) is 0 Å². The molecular weight excluding hydrogens is 242 g/mol. The van der Waals surface area contributed by atoms with E-state index >= 15 is 0 Å². The highest BCUT2D eigenvalue weighted by Gasteiger charge is 2.30. The lowest BCUT2D eigenvalue weighted by molar-refractivity contribution is 0.0315. The van der Waals surface area contributed by atoms with Gasteiger partial charge in [-0.05, 0) is 44.1 Å². The number of thioether (sulfide) groups is 1. The van der Waals surface area contributed by atoms with Gasteiger partial charge in [0.2, 0.25) is 0 Å². The van der Waals surface area contributed by atoms with Gasteiger partial charge in [-0.25, -0.2) is 0 Å². The predicted molar refractivity (Wildman–Crippen MR) is 80.1 cm³/mol. The molecule has 2 rings (SSSR count). The molecule has 1 heterocycles. The lowest BCUT2D eigenvalue weighted by atomic mass is 9.80. The maximum Gasteiger partial charge on any atom is 0.0580 e. The average Bonchev–Trinajstić information content (AvgIpc) is 2.46. The van der Waals surface area contributed by atoms with Crippen LogP contribution in [0, 0.1) is 11.8 Å². The largest absolute Gasteiger partial charge is 0.393 e. The summed E-state index contributed by atoms with van der Waals surface area (Å²) >= 11 is 2.10. The van der Waals surface area contributed by atoms with Crippen molar-refractivity contribution in [2.75, 3.05) is 25.4 Å². The molecule has 3 heteroatoms. The number of rotatable bonds is 2. The highest BCUT2D eigenvalue weighted by atomic mass is 32.2. The smallest absolute Gasteiger partial charge is 0.0580 e. The molecule has 1 aliphatic heterocycles. The van der Waals surface area contributed by atoms with Crippen LogP contribution >= 0.6 is 11.8 Å². The van der Waals surface area contributed by atoms with Gasteiger partial charge in [-0.3, -0.25) is 0 Å². The van der Waals surface area contributed by atoms with Crippen LogP contribution in [0.2, 0.25) is 0 Å². The summed E-state index contributed by atoms with van der Waals surface area (Å²) in [7, 11) is 0. The van der Waals surface area contributed by atoms with E-state index in [1.54, 1.807) is 0 Å². The summed E-state index contributed by atoms with van der Waals surface area (Å²) in [6, 6.07) is 0. The Hall–Kier alpha value is 0.270. The van der Waals surface area contributed by atoms with Crippen LogP contribution in [0.3, 0.4) is 0 Å². The molecule has 3 atom stereocenters. The quantitative estimate of drug-likeness (QED) is 0.835. The van der Waals surface area contributed by atoms with E-state index in [4.69, 9.17) is 0 Å². The molecule has 2 nitrogen and oxygen atoms in total. The van der Waals surface area contributed by atoms with Crippen LogP contribution in [0.4, 0.5) is 0 Å². The number of hydrogen-bond donors (Lipinski definition) is 1. The van der Waals surface area contributed by atoms with Crippen molar-refractivity contribution in [3.63, 3.8) is 0 Å². The topological polar surface area (TPSA) is 23.5 Å². The second-order valence-electron chi connectivity index (χ2n) is 6.90. The van der Waals surface area contributed by atoms with E-state index in [0.717, 1.165) is 18.9 Å². The highest BCUT2D eigenvalue weighted by Crippen LogP contribution is 2.33. The van der Waals surface area contributed by atoms with E-state index in [9.17, 15) is 5.11 Å². The van der Waals surface area contributed by atoms with Crippen LogP contribution < -0.4 is 0 Å². The highest BCUT2D eigenvalue weighted by molar-refractivity contribution is 8.00. The van der Waals surface area contributed by atoms with Crippen LogP contribution in [0.5, 0.6) is 0 Å². The third-order valence-electron chi connectivity index (χ3n) is 4.63. The Morgan fingerprint density at radius 1 is 1.28 bits per heavy atom. The van der Waals surface area contributed by atoms with E-state index in [-0.39, 0.29) is 6.10 Å². The fraction of sp³-hybridized carbons (Fsp3) is 1.00. The summed E-state index contributed by atoms with van der Waals surface area (Å²) in [5.41, 5.74) is 0. The second kappa shape index (κ2) is 6.15. The van der Waals surface area contributed by atoms with Crippen molar-refractivity contribution in [1.29, 1.82) is 0 Å². The van der Waals surface area contributed by atoms with Crippen molar-refractivity contribution < 1.29 is 5.11 Å². The molecule has 2 fully saturated rings. The Morgan fingerprint density at radius 2 is 2.06 bits per heavy atom. The van der Waals surface area contributed by atoms with E-state index < -0.39 is 0 Å². The molecule has 0 aromatic carbocycles. The van der Waals surface area contributed by atoms with Gasteiger partial charge in [-0.2, -0.15) is 11.8 Å². The first-order valence-corrected chi connectivity index (χ1v) is 8.49. The Morgan fingerprint density at radius 3 is 2.83 bits per heavy atom. The van der Waals surface area contributed by atoms with Crippen molar-refractivity contribution in [3.05, 3.63) is 0 Å². The van der Waals surface area contributed by atoms with Crippen LogP contribution in [0.1, 0.15) is 46.5 Å². The third-order valence-corrected chi connectivity index (χ3v) is 6.00. The molecule has 3 unspecified atom stereocenters. The van der Waals surface area contributed by atoms with Gasteiger partial charge in [0, 0.05) is 23.6 Å². The van der Waals surface area contributed by atoms with Gasteiger partial charge in [-0.15, -0.1) is 0 Å². The fourth-order valence-corrected chi connectivity index (χ4v) is 4.39. The number of aliphatic hydroxyl groups excluding tert-OH is 1. The minimum atomic E-state index is -0.0508. The zero-order valence-electron chi connectivity index (χ0n) is 12.2. The molecule has 1 aliphatic carbocycles. The summed E-state index contributed by atoms with van der Waals surface area (Å²) in [5, 5.41) is 10.2. The molecule has 18 heavy (non-hydrogen) atoms. The first-order valence-electron chi connectivity index (χ1n) is 7.51. The molecule has 1 N–H and O–H groups in total. The molecular formula is C15H29NOS. The van der Waals surface area contributed by atoms with E-state index in [1.165, 1.54) is 38.1 Å². The van der Waals surface area contributed by atoms with Gasteiger partial charge < -0.3 is 10.0 Å². The molecule has 106 valence electrons. The predicted octanol–water partition coefficient (Wildman–Crippen LogP) is 3.00. The van der Waals surface area contributed by atoms with E-state index in [0.29, 0.717) is 10.7 Å². The van der Waals surface area contributed by atoms with Crippen molar-refractivity contribution in [2.45, 2.75) is 57.3 Å². The maximum absolute atomic E-state index is 10.2. The summed E-state index contributed by atoms with van der Waals surface area (Å²) in [4.78, 5) is 2.59. The van der Waals surface area contributed by atoms with Gasteiger partial charge in [-0.1, -0.05) is 20.8 Å². The van der Waals surface area contributed by atoms with Crippen molar-refractivity contribution >= 4 is 11.8 Å². The van der Waals surface area contributed by atoms with Crippen molar-refractivity contribution in [3.8, 4) is 0 Å². The maximum atomic E-state index is 10.2. The van der Waals surface area contributed by atoms with E-state index in [2.05, 4.69) is 37.4 Å². The third kappa shape index (κ3) is 4.14. The van der Waals surface area contributed by atoms with Crippen LogP contribution in [-0.2, 0) is 0 Å². The molecule has 2 aliphatic rings. The minimum absolute atomic E-state index is 0.0508. The Kier molecular flexibility index (Phi) is 5.01. The average molecular weight is 271 g/mol. The molecule has 0 amide bonds. The van der Waals surface area contributed by atoms with Gasteiger partial charge in [0.15, 0.2) is 0 Å². The van der Waals surface area contributed by atoms with Crippen LogP contribution in [0.15, 0.2) is 0 Å². The van der Waals surface area contributed by atoms with Crippen LogP contribution in [0.25, 0.3) is 0 Å². The minimum Gasteiger partial charge on any atom is -0.393 e. The van der Waals surface area contributed by atoms with Crippen LogP contribution in [-0.4, -0.2) is 46.2 Å². The van der Waals surface area contributed by atoms with Gasteiger partial charge in [0.25, 0.3) is 0 Å². The molecule has 0 spiro atoms. The first kappa shape index (κ1) is 14.7. The molecule has 1 saturated heterocycles. The van der Waals surface area contributed by atoms with Crippen molar-refractivity contribution in [2.24, 2.45) is 11.8 Å². The van der Waals surface area contributed by atoms with Gasteiger partial charge in [0.05, 0.1) is 6.10 Å². The van der Waals surface area contributed by atoms with Crippen molar-refractivity contribution in [1.82, 2.24) is 4.90 Å². The Labute approximate surface area is 117 Å². The standard InChI is InChI=1S/C15H29NOS/c1-12-4-5-14(17)13(10-12)11-16-7-6-15(2,3)18-9-8-16/h12-14,17H,4-11H2,1-3H3. The molecule has 0 aromatic rings. The summed E-state index contributed by atoms with van der Waals surface area (Å²) in [6.45, 7) is 10.6. The zero-order valence-corrected chi connectivity index (χ0v) is 13.0. The SMILES string of the molecule is CC1CCC(O)C(CN2CCSC(C)(C)CC2)C1. The second-order valence-corrected chi connectivity index (χ2v) is 8.71. The lowest BCUT2D eigenvalue weighted by Crippen LogP contribution is -2.39. The summed E-state index contributed by atoms with van der Waals surface area (Å²) < 4.78 is 0.438. The number of nitrogens with zero attached hydrogens (tertiary/aromatic N) is 1. The van der Waals surface area contributed by atoms with Gasteiger partial charge in [0.1, 0.15) is 0 Å². The first-order chi connectivity index (χ1) is 8.46. The Bertz CT molecular complexity index is 269. The molecule has 0 bridgehead atoms. The fourth-order valence-electron chi connectivity index (χ4n) is 3.26. The zero-order chi connectivity index (χ0) is 13.2. The van der Waals surface area contributed by atoms with Gasteiger partial charge >= 0.3 is 0 Å². The Balaban J connectivity index is 1.85. The molecule has 0 radical (unpaired) electrons. The summed E-state index contributed by atoms with van der Waals surface area (Å²) in [5.74, 6) is 2.56. The lowest BCUT2D eigenvalue weighted by Gasteiger charge is -2.35.